The number of hydrogen-bond acceptors (Lipinski definition) is 5. The van der Waals surface area contributed by atoms with Crippen LogP contribution in [0, 0.1) is 12.7 Å². The molecular formula is C23H19FN4OS. The maximum absolute atomic E-state index is 13.3. The van der Waals surface area contributed by atoms with E-state index in [-0.39, 0.29) is 17.5 Å². The number of hydrogen-bond donors (Lipinski definition) is 0. The molecule has 0 spiro atoms. The number of fused-ring (bicyclic) bond motifs is 3. The second kappa shape index (κ2) is 7.65. The van der Waals surface area contributed by atoms with Gasteiger partial charge in [-0.05, 0) is 42.5 Å². The molecule has 2 heterocycles. The summed E-state index contributed by atoms with van der Waals surface area (Å²) in [5.41, 5.74) is 4.80. The van der Waals surface area contributed by atoms with Gasteiger partial charge in [0.15, 0.2) is 5.78 Å². The summed E-state index contributed by atoms with van der Waals surface area (Å²) in [6, 6.07) is 14.7. The summed E-state index contributed by atoms with van der Waals surface area (Å²) in [6.07, 6.45) is 2.63. The first-order valence-electron chi connectivity index (χ1n) is 9.78. The van der Waals surface area contributed by atoms with E-state index >= 15 is 0 Å². The van der Waals surface area contributed by atoms with E-state index in [1.807, 2.05) is 6.07 Å². The highest BCUT2D eigenvalue weighted by atomic mass is 32.2. The van der Waals surface area contributed by atoms with Gasteiger partial charge in [0, 0.05) is 18.4 Å². The molecule has 4 aromatic rings. The second-order valence-electron chi connectivity index (χ2n) is 7.58. The molecule has 0 N–H and O–H groups in total. The average molecular weight is 418 g/mol. The van der Waals surface area contributed by atoms with Crippen molar-refractivity contribution in [3.8, 4) is 0 Å². The number of thioether (sulfide) groups is 1. The fourth-order valence-corrected chi connectivity index (χ4v) is 4.67. The van der Waals surface area contributed by atoms with Gasteiger partial charge in [-0.15, -0.1) is 5.10 Å². The van der Waals surface area contributed by atoms with Gasteiger partial charge >= 0.3 is 0 Å². The van der Waals surface area contributed by atoms with E-state index in [1.165, 1.54) is 23.3 Å². The largest absolute Gasteiger partial charge is 0.294 e. The predicted octanol–water partition coefficient (Wildman–Crippen LogP) is 4.78. The number of carbonyl (C=O) groups is 1. The van der Waals surface area contributed by atoms with Crippen LogP contribution in [-0.4, -0.2) is 25.4 Å². The molecule has 5 nitrogen and oxygen atoms in total. The van der Waals surface area contributed by atoms with Gasteiger partial charge in [-0.1, -0.05) is 53.7 Å². The molecule has 1 atom stereocenters. The zero-order chi connectivity index (χ0) is 20.7. The molecule has 1 aliphatic carbocycles. The zero-order valence-electron chi connectivity index (χ0n) is 16.4. The van der Waals surface area contributed by atoms with E-state index in [1.54, 1.807) is 34.6 Å². The van der Waals surface area contributed by atoms with Gasteiger partial charge in [-0.25, -0.2) is 9.37 Å². The van der Waals surface area contributed by atoms with Crippen molar-refractivity contribution < 1.29 is 9.18 Å². The lowest BCUT2D eigenvalue weighted by Gasteiger charge is -2.23. The smallest absolute Gasteiger partial charge is 0.253 e. The molecule has 2 aromatic carbocycles. The van der Waals surface area contributed by atoms with Crippen LogP contribution in [0.4, 0.5) is 4.39 Å². The quantitative estimate of drug-likeness (QED) is 0.447. The van der Waals surface area contributed by atoms with Crippen molar-refractivity contribution in [2.75, 3.05) is 0 Å². The number of halogens is 1. The summed E-state index contributed by atoms with van der Waals surface area (Å²) in [6.45, 7) is 2.07. The molecule has 0 fully saturated rings. The SMILES string of the molecule is Cc1cccc(CSc2nc3ncc4c(n3n2)CC(c2ccc(F)cc2)CC4=O)c1. The number of aryl methyl sites for hydroxylation is 1. The molecule has 0 amide bonds. The van der Waals surface area contributed by atoms with E-state index < -0.39 is 0 Å². The van der Waals surface area contributed by atoms with Crippen molar-refractivity contribution in [3.63, 3.8) is 0 Å². The normalized spacial score (nSPS) is 16.1. The minimum Gasteiger partial charge on any atom is -0.294 e. The Morgan fingerprint density at radius 2 is 2.00 bits per heavy atom. The van der Waals surface area contributed by atoms with Crippen molar-refractivity contribution in [1.29, 1.82) is 0 Å². The predicted molar refractivity (Wildman–Crippen MR) is 113 cm³/mol. The molecule has 5 rings (SSSR count). The Balaban J connectivity index is 1.45. The monoisotopic (exact) mass is 418 g/mol. The van der Waals surface area contributed by atoms with Crippen LogP contribution in [0.3, 0.4) is 0 Å². The van der Waals surface area contributed by atoms with E-state index in [9.17, 15) is 9.18 Å². The van der Waals surface area contributed by atoms with Gasteiger partial charge in [0.05, 0.1) is 11.3 Å². The zero-order valence-corrected chi connectivity index (χ0v) is 17.2. The maximum Gasteiger partial charge on any atom is 0.253 e. The van der Waals surface area contributed by atoms with Gasteiger partial charge < -0.3 is 0 Å². The molecule has 0 bridgehead atoms. The van der Waals surface area contributed by atoms with Crippen molar-refractivity contribution >= 4 is 23.3 Å². The number of rotatable bonds is 4. The van der Waals surface area contributed by atoms with Crippen LogP contribution in [0.5, 0.6) is 0 Å². The average Bonchev–Trinajstić information content (AvgIpc) is 3.16. The van der Waals surface area contributed by atoms with Crippen LogP contribution in [0.15, 0.2) is 59.9 Å². The van der Waals surface area contributed by atoms with Gasteiger partial charge in [0.25, 0.3) is 5.78 Å². The summed E-state index contributed by atoms with van der Waals surface area (Å²) in [5.74, 6) is 0.999. The summed E-state index contributed by atoms with van der Waals surface area (Å²) in [7, 11) is 0. The van der Waals surface area contributed by atoms with Crippen molar-refractivity contribution in [3.05, 3.63) is 88.5 Å². The molecule has 1 aliphatic rings. The van der Waals surface area contributed by atoms with Crippen LogP contribution in [0.25, 0.3) is 5.78 Å². The summed E-state index contributed by atoms with van der Waals surface area (Å²) < 4.78 is 15.0. The highest BCUT2D eigenvalue weighted by molar-refractivity contribution is 7.98. The second-order valence-corrected chi connectivity index (χ2v) is 8.52. The maximum atomic E-state index is 13.3. The Morgan fingerprint density at radius 1 is 1.17 bits per heavy atom. The topological polar surface area (TPSA) is 60.1 Å². The molecule has 30 heavy (non-hydrogen) atoms. The highest BCUT2D eigenvalue weighted by Gasteiger charge is 2.29. The molecule has 7 heteroatoms. The minimum atomic E-state index is -0.278. The summed E-state index contributed by atoms with van der Waals surface area (Å²) >= 11 is 1.55. The highest BCUT2D eigenvalue weighted by Crippen LogP contribution is 2.33. The number of benzene rings is 2. The van der Waals surface area contributed by atoms with Crippen LogP contribution in [0.1, 0.15) is 45.1 Å². The number of nitrogens with zero attached hydrogens (tertiary/aromatic N) is 4. The molecule has 1 unspecified atom stereocenters. The number of Topliss-reactive ketones (excluding diaryl/α,β-unsaturated/α-hetero) is 1. The number of ketones is 1. The fourth-order valence-electron chi connectivity index (χ4n) is 3.91. The van der Waals surface area contributed by atoms with Gasteiger partial charge in [0.2, 0.25) is 5.16 Å². The van der Waals surface area contributed by atoms with E-state index in [0.717, 1.165) is 17.0 Å². The van der Waals surface area contributed by atoms with Crippen molar-refractivity contribution in [2.24, 2.45) is 0 Å². The Kier molecular flexibility index (Phi) is 4.83. The van der Waals surface area contributed by atoms with Crippen molar-refractivity contribution in [1.82, 2.24) is 19.6 Å². The molecular weight excluding hydrogens is 399 g/mol. The van der Waals surface area contributed by atoms with Crippen LogP contribution < -0.4 is 0 Å². The van der Waals surface area contributed by atoms with Crippen LogP contribution >= 0.6 is 11.8 Å². The first-order chi connectivity index (χ1) is 14.6. The van der Waals surface area contributed by atoms with Crippen LogP contribution in [-0.2, 0) is 12.2 Å². The third-order valence-electron chi connectivity index (χ3n) is 5.41. The third kappa shape index (κ3) is 3.61. The Hall–Kier alpha value is -3.06. The molecule has 0 aliphatic heterocycles. The Morgan fingerprint density at radius 3 is 2.80 bits per heavy atom. The third-order valence-corrected chi connectivity index (χ3v) is 6.32. The fraction of sp³-hybridized carbons (Fsp3) is 0.217. The lowest BCUT2D eigenvalue weighted by atomic mass is 9.82. The Bertz CT molecular complexity index is 1250. The first kappa shape index (κ1) is 18.9. The minimum absolute atomic E-state index is 0.0104. The van der Waals surface area contributed by atoms with E-state index in [4.69, 9.17) is 0 Å². The van der Waals surface area contributed by atoms with Crippen LogP contribution in [0.2, 0.25) is 0 Å². The molecule has 0 radical (unpaired) electrons. The summed E-state index contributed by atoms with van der Waals surface area (Å²) in [4.78, 5) is 21.6. The number of aromatic nitrogens is 4. The standard InChI is InChI=1S/C23H19FN4OS/c1-14-3-2-4-15(9-14)13-30-23-26-22-25-12-19-20(28(22)27-23)10-17(11-21(19)29)16-5-7-18(24)8-6-16/h2-9,12,17H,10-11,13H2,1H3. The molecule has 0 saturated heterocycles. The molecule has 150 valence electrons. The van der Waals surface area contributed by atoms with E-state index in [2.05, 4.69) is 40.2 Å². The van der Waals surface area contributed by atoms with E-state index in [0.29, 0.717) is 29.3 Å². The van der Waals surface area contributed by atoms with Gasteiger partial charge in [0.1, 0.15) is 5.82 Å². The van der Waals surface area contributed by atoms with Crippen molar-refractivity contribution in [2.45, 2.75) is 36.6 Å². The lowest BCUT2D eigenvalue weighted by Crippen LogP contribution is -2.22. The van der Waals surface area contributed by atoms with Gasteiger partial charge in [-0.3, -0.25) is 4.79 Å². The lowest BCUT2D eigenvalue weighted by molar-refractivity contribution is 0.0962. The molecule has 0 saturated carbocycles. The summed E-state index contributed by atoms with van der Waals surface area (Å²) in [5, 5.41) is 5.27. The first-order valence-corrected chi connectivity index (χ1v) is 10.8. The Labute approximate surface area is 177 Å². The van der Waals surface area contributed by atoms with Gasteiger partial charge in [-0.2, -0.15) is 9.50 Å². The number of carbonyl (C=O) groups excluding carboxylic acids is 1. The molecule has 2 aromatic heterocycles.